The third kappa shape index (κ3) is 4.11. The van der Waals surface area contributed by atoms with Crippen LogP contribution in [0.15, 0.2) is 18.2 Å². The van der Waals surface area contributed by atoms with Crippen LogP contribution in [-0.4, -0.2) is 48.2 Å². The molecule has 0 bridgehead atoms. The van der Waals surface area contributed by atoms with Gasteiger partial charge in [-0.15, -0.1) is 0 Å². The van der Waals surface area contributed by atoms with Gasteiger partial charge in [-0.3, -0.25) is 14.9 Å². The molecule has 0 aromatic heterocycles. The Morgan fingerprint density at radius 1 is 1.19 bits per heavy atom. The van der Waals surface area contributed by atoms with Gasteiger partial charge in [-0.05, 0) is 31.4 Å². The first-order chi connectivity index (χ1) is 12.5. The van der Waals surface area contributed by atoms with Crippen molar-refractivity contribution < 1.29 is 28.7 Å². The van der Waals surface area contributed by atoms with Crippen molar-refractivity contribution in [3.05, 3.63) is 33.9 Å². The van der Waals surface area contributed by atoms with E-state index in [1.165, 1.54) is 18.2 Å². The molecule has 1 fully saturated rings. The molecule has 138 valence electrons. The molecule has 0 radical (unpaired) electrons. The van der Waals surface area contributed by atoms with Crippen LogP contribution in [0.25, 0.3) is 6.08 Å². The Bertz CT molecular complexity index is 754. The molecule has 0 aliphatic carbocycles. The first kappa shape index (κ1) is 17.7. The third-order valence-electron chi connectivity index (χ3n) is 4.16. The average molecular weight is 362 g/mol. The van der Waals surface area contributed by atoms with E-state index in [0.29, 0.717) is 18.8 Å². The van der Waals surface area contributed by atoms with Crippen LogP contribution in [0.3, 0.4) is 0 Å². The molecule has 9 heteroatoms. The second kappa shape index (κ2) is 7.85. The predicted molar refractivity (Wildman–Crippen MR) is 89.6 cm³/mol. The molecule has 3 rings (SSSR count). The maximum Gasteiger partial charge on any atom is 0.331 e. The maximum absolute atomic E-state index is 12.0. The van der Waals surface area contributed by atoms with Crippen LogP contribution in [0.1, 0.15) is 24.8 Å². The number of carbonyl (C=O) groups excluding carboxylic acids is 2. The summed E-state index contributed by atoms with van der Waals surface area (Å²) in [5.74, 6) is -0.338. The van der Waals surface area contributed by atoms with Gasteiger partial charge < -0.3 is 19.1 Å². The molecule has 0 atom stereocenters. The van der Waals surface area contributed by atoms with Gasteiger partial charge in [0.25, 0.3) is 11.6 Å². The number of piperidine rings is 1. The van der Waals surface area contributed by atoms with Crippen molar-refractivity contribution in [3.8, 4) is 11.5 Å². The van der Waals surface area contributed by atoms with E-state index < -0.39 is 10.9 Å². The molecule has 1 aromatic carbocycles. The monoisotopic (exact) mass is 362 g/mol. The zero-order chi connectivity index (χ0) is 18.5. The molecule has 2 aliphatic rings. The summed E-state index contributed by atoms with van der Waals surface area (Å²) < 4.78 is 15.2. The number of hydrogen-bond acceptors (Lipinski definition) is 7. The number of carbonyl (C=O) groups is 2. The fraction of sp³-hybridized carbons (Fsp3) is 0.412. The molecular weight excluding hydrogens is 344 g/mol. The van der Waals surface area contributed by atoms with Gasteiger partial charge in [0.1, 0.15) is 0 Å². The van der Waals surface area contributed by atoms with E-state index in [0.717, 1.165) is 25.3 Å². The predicted octanol–water partition coefficient (Wildman–Crippen LogP) is 1.89. The molecular formula is C17H18N2O7. The standard InChI is InChI=1S/C17H18N2O7/c20-16(18-6-2-1-3-7-18)10-24-17(21)5-4-12-8-14-15(26-11-25-14)9-13(12)19(22)23/h4-5,8-9H,1-3,6-7,10-11H2/b5-4+. The minimum absolute atomic E-state index is 0.0136. The van der Waals surface area contributed by atoms with E-state index >= 15 is 0 Å². The van der Waals surface area contributed by atoms with Gasteiger partial charge in [0, 0.05) is 19.2 Å². The number of nitro benzene ring substituents is 1. The van der Waals surface area contributed by atoms with Crippen LogP contribution in [0, 0.1) is 10.1 Å². The molecule has 0 N–H and O–H groups in total. The Hall–Kier alpha value is -3.10. The lowest BCUT2D eigenvalue weighted by Crippen LogP contribution is -2.38. The van der Waals surface area contributed by atoms with E-state index in [4.69, 9.17) is 14.2 Å². The highest BCUT2D eigenvalue weighted by Gasteiger charge is 2.22. The molecule has 26 heavy (non-hydrogen) atoms. The summed E-state index contributed by atoms with van der Waals surface area (Å²) in [6.45, 7) is 0.998. The lowest BCUT2D eigenvalue weighted by Gasteiger charge is -2.26. The number of hydrogen-bond donors (Lipinski definition) is 0. The fourth-order valence-electron chi connectivity index (χ4n) is 2.81. The summed E-state index contributed by atoms with van der Waals surface area (Å²) in [5, 5.41) is 11.2. The summed E-state index contributed by atoms with van der Waals surface area (Å²) >= 11 is 0. The topological polar surface area (TPSA) is 108 Å². The van der Waals surface area contributed by atoms with E-state index in [1.807, 2.05) is 0 Å². The Kier molecular flexibility index (Phi) is 5.35. The number of amides is 1. The van der Waals surface area contributed by atoms with Gasteiger partial charge >= 0.3 is 5.97 Å². The van der Waals surface area contributed by atoms with Crippen molar-refractivity contribution in [2.24, 2.45) is 0 Å². The summed E-state index contributed by atoms with van der Waals surface area (Å²) in [7, 11) is 0. The average Bonchev–Trinajstić information content (AvgIpc) is 3.11. The maximum atomic E-state index is 12.0. The number of fused-ring (bicyclic) bond motifs is 1. The lowest BCUT2D eigenvalue weighted by atomic mass is 10.1. The van der Waals surface area contributed by atoms with Gasteiger partial charge in [-0.2, -0.15) is 0 Å². The molecule has 1 saturated heterocycles. The second-order valence-electron chi connectivity index (χ2n) is 5.90. The second-order valence-corrected chi connectivity index (χ2v) is 5.90. The number of esters is 1. The van der Waals surface area contributed by atoms with Crippen LogP contribution in [0.4, 0.5) is 5.69 Å². The summed E-state index contributed by atoms with van der Waals surface area (Å²) in [4.78, 5) is 36.0. The number of nitrogens with zero attached hydrogens (tertiary/aromatic N) is 2. The lowest BCUT2D eigenvalue weighted by molar-refractivity contribution is -0.385. The molecule has 2 aliphatic heterocycles. The van der Waals surface area contributed by atoms with Gasteiger partial charge in [0.05, 0.1) is 16.6 Å². The number of benzene rings is 1. The highest BCUT2D eigenvalue weighted by atomic mass is 16.7. The van der Waals surface area contributed by atoms with Crippen molar-refractivity contribution in [3.63, 3.8) is 0 Å². The van der Waals surface area contributed by atoms with Crippen LogP contribution < -0.4 is 9.47 Å². The summed E-state index contributed by atoms with van der Waals surface area (Å²) in [5.41, 5.74) is -0.0405. The third-order valence-corrected chi connectivity index (χ3v) is 4.16. The van der Waals surface area contributed by atoms with Crippen LogP contribution in [0.2, 0.25) is 0 Å². The highest BCUT2D eigenvalue weighted by Crippen LogP contribution is 2.38. The van der Waals surface area contributed by atoms with Gasteiger partial charge in [0.15, 0.2) is 18.1 Å². The Balaban J connectivity index is 1.61. The minimum Gasteiger partial charge on any atom is -0.454 e. The molecule has 0 unspecified atom stereocenters. The minimum atomic E-state index is -0.748. The quantitative estimate of drug-likeness (QED) is 0.340. The largest absolute Gasteiger partial charge is 0.454 e. The molecule has 0 spiro atoms. The normalized spacial score (nSPS) is 15.9. The van der Waals surface area contributed by atoms with Crippen molar-refractivity contribution >= 4 is 23.6 Å². The Morgan fingerprint density at radius 2 is 1.88 bits per heavy atom. The molecule has 1 aromatic rings. The Labute approximate surface area is 149 Å². The zero-order valence-electron chi connectivity index (χ0n) is 14.0. The molecule has 0 saturated carbocycles. The molecule has 9 nitrogen and oxygen atoms in total. The highest BCUT2D eigenvalue weighted by molar-refractivity contribution is 5.90. The number of ether oxygens (including phenoxy) is 3. The first-order valence-corrected chi connectivity index (χ1v) is 8.25. The van der Waals surface area contributed by atoms with Crippen molar-refractivity contribution in [2.45, 2.75) is 19.3 Å². The van der Waals surface area contributed by atoms with Crippen LogP contribution in [0.5, 0.6) is 11.5 Å². The number of likely N-dealkylation sites (tertiary alicyclic amines) is 1. The van der Waals surface area contributed by atoms with E-state index in [1.54, 1.807) is 4.90 Å². The number of nitro groups is 1. The molecule has 1 amide bonds. The first-order valence-electron chi connectivity index (χ1n) is 8.25. The summed E-state index contributed by atoms with van der Waals surface area (Å²) in [6, 6.07) is 2.66. The zero-order valence-corrected chi connectivity index (χ0v) is 14.0. The number of rotatable bonds is 5. The molecule has 2 heterocycles. The van der Waals surface area contributed by atoms with Crippen LogP contribution >= 0.6 is 0 Å². The van der Waals surface area contributed by atoms with Crippen molar-refractivity contribution in [1.82, 2.24) is 4.90 Å². The Morgan fingerprint density at radius 3 is 2.58 bits per heavy atom. The SMILES string of the molecule is O=C(/C=C/c1cc2c(cc1[N+](=O)[O-])OCO2)OCC(=O)N1CCCCC1. The van der Waals surface area contributed by atoms with Gasteiger partial charge in [-0.25, -0.2) is 4.79 Å². The smallest absolute Gasteiger partial charge is 0.331 e. The van der Waals surface area contributed by atoms with Crippen molar-refractivity contribution in [1.29, 1.82) is 0 Å². The van der Waals surface area contributed by atoms with E-state index in [9.17, 15) is 19.7 Å². The van der Waals surface area contributed by atoms with Gasteiger partial charge in [-0.1, -0.05) is 0 Å². The van der Waals surface area contributed by atoms with Crippen LogP contribution in [-0.2, 0) is 14.3 Å². The van der Waals surface area contributed by atoms with Gasteiger partial charge in [0.2, 0.25) is 6.79 Å². The van der Waals surface area contributed by atoms with Crippen molar-refractivity contribution in [2.75, 3.05) is 26.5 Å². The summed E-state index contributed by atoms with van der Waals surface area (Å²) in [6.07, 6.45) is 5.31. The van der Waals surface area contributed by atoms with E-state index in [2.05, 4.69) is 0 Å². The van der Waals surface area contributed by atoms with E-state index in [-0.39, 0.29) is 36.3 Å². The fourth-order valence-corrected chi connectivity index (χ4v) is 2.81.